The molecule has 9 heteroatoms. The van der Waals surface area contributed by atoms with Crippen LogP contribution in [0.15, 0.2) is 36.0 Å². The van der Waals surface area contributed by atoms with Gasteiger partial charge >= 0.3 is 6.09 Å². The molecule has 1 fully saturated rings. The van der Waals surface area contributed by atoms with Crippen LogP contribution in [0.5, 0.6) is 0 Å². The number of carbonyl (C=O) groups is 1. The van der Waals surface area contributed by atoms with Gasteiger partial charge in [-0.3, -0.25) is 0 Å². The van der Waals surface area contributed by atoms with Crippen molar-refractivity contribution in [2.75, 3.05) is 31.1 Å². The lowest BCUT2D eigenvalue weighted by Gasteiger charge is -2.35. The monoisotopic (exact) mass is 406 g/mol. The average molecular weight is 407 g/mol. The molecule has 1 aromatic carbocycles. The predicted molar refractivity (Wildman–Crippen MR) is 103 cm³/mol. The van der Waals surface area contributed by atoms with E-state index in [1.54, 1.807) is 28.6 Å². The Hall–Kier alpha value is -2.45. The number of thiophene rings is 1. The molecule has 27 heavy (non-hydrogen) atoms. The number of rotatable bonds is 3. The first-order valence-corrected chi connectivity index (χ1v) is 9.67. The van der Waals surface area contributed by atoms with Gasteiger partial charge in [0.15, 0.2) is 0 Å². The number of hydrogen-bond acceptors (Lipinski definition) is 6. The smallest absolute Gasteiger partial charge is 0.410 e. The standard InChI is InChI=1S/C18H16ClFN4O2S/c19-14-2-1-3-15(20)13(14)10-26-18(25)24-7-5-23(6-8-24)16-12-4-9-27-17(12)22-11-21-16/h1-4,9,11H,5-8,10H2. The van der Waals surface area contributed by atoms with E-state index in [0.29, 0.717) is 26.2 Å². The summed E-state index contributed by atoms with van der Waals surface area (Å²) < 4.78 is 19.0. The SMILES string of the molecule is O=C(OCc1c(F)cccc1Cl)N1CCN(c2ncnc3sccc23)CC1. The molecule has 0 unspecified atom stereocenters. The van der Waals surface area contributed by atoms with E-state index in [1.807, 2.05) is 11.4 Å². The number of carbonyl (C=O) groups excluding carboxylic acids is 1. The van der Waals surface area contributed by atoms with E-state index in [2.05, 4.69) is 14.9 Å². The normalized spacial score (nSPS) is 14.6. The van der Waals surface area contributed by atoms with Crippen LogP contribution >= 0.6 is 22.9 Å². The highest BCUT2D eigenvalue weighted by Gasteiger charge is 2.24. The second-order valence-corrected chi connectivity index (χ2v) is 7.37. The van der Waals surface area contributed by atoms with Crippen LogP contribution < -0.4 is 4.90 Å². The lowest BCUT2D eigenvalue weighted by molar-refractivity contribution is 0.0933. The van der Waals surface area contributed by atoms with E-state index >= 15 is 0 Å². The minimum Gasteiger partial charge on any atom is -0.444 e. The molecule has 0 atom stereocenters. The maximum Gasteiger partial charge on any atom is 0.410 e. The summed E-state index contributed by atoms with van der Waals surface area (Å²) in [5, 5.41) is 3.26. The van der Waals surface area contributed by atoms with Crippen LogP contribution in [0.4, 0.5) is 15.0 Å². The van der Waals surface area contributed by atoms with Crippen molar-refractivity contribution in [2.45, 2.75) is 6.61 Å². The summed E-state index contributed by atoms with van der Waals surface area (Å²) in [6.07, 6.45) is 1.09. The zero-order chi connectivity index (χ0) is 18.8. The second kappa shape index (κ2) is 7.66. The Morgan fingerprint density at radius 2 is 2.04 bits per heavy atom. The first-order chi connectivity index (χ1) is 13.1. The van der Waals surface area contributed by atoms with E-state index in [4.69, 9.17) is 16.3 Å². The summed E-state index contributed by atoms with van der Waals surface area (Å²) >= 11 is 7.54. The number of anilines is 1. The molecule has 6 nitrogen and oxygen atoms in total. The number of nitrogens with zero attached hydrogens (tertiary/aromatic N) is 4. The molecule has 0 saturated carbocycles. The fourth-order valence-corrected chi connectivity index (χ4v) is 3.97. The molecule has 3 heterocycles. The van der Waals surface area contributed by atoms with Gasteiger partial charge in [0.05, 0.1) is 10.4 Å². The molecule has 140 valence electrons. The van der Waals surface area contributed by atoms with Gasteiger partial charge in [-0.1, -0.05) is 17.7 Å². The number of fused-ring (bicyclic) bond motifs is 1. The Morgan fingerprint density at radius 1 is 1.22 bits per heavy atom. The Morgan fingerprint density at radius 3 is 2.81 bits per heavy atom. The van der Waals surface area contributed by atoms with E-state index < -0.39 is 11.9 Å². The number of ether oxygens (including phenoxy) is 1. The number of amides is 1. The van der Waals surface area contributed by atoms with Crippen LogP contribution in [0.3, 0.4) is 0 Å². The van der Waals surface area contributed by atoms with Crippen LogP contribution in [0.25, 0.3) is 10.2 Å². The molecule has 4 rings (SSSR count). The van der Waals surface area contributed by atoms with Gasteiger partial charge in [0.25, 0.3) is 0 Å². The molecular formula is C18H16ClFN4O2S. The Balaban J connectivity index is 1.36. The highest BCUT2D eigenvalue weighted by atomic mass is 35.5. The van der Waals surface area contributed by atoms with Gasteiger partial charge in [-0.2, -0.15) is 0 Å². The number of piperazine rings is 1. The highest BCUT2D eigenvalue weighted by molar-refractivity contribution is 7.16. The van der Waals surface area contributed by atoms with Gasteiger partial charge in [0.2, 0.25) is 0 Å². The van der Waals surface area contributed by atoms with E-state index in [0.717, 1.165) is 16.0 Å². The van der Waals surface area contributed by atoms with Crippen molar-refractivity contribution in [2.24, 2.45) is 0 Å². The predicted octanol–water partition coefficient (Wildman–Crippen LogP) is 3.94. The largest absolute Gasteiger partial charge is 0.444 e. The fraction of sp³-hybridized carbons (Fsp3) is 0.278. The van der Waals surface area contributed by atoms with Gasteiger partial charge in [0, 0.05) is 31.7 Å². The van der Waals surface area contributed by atoms with Crippen LogP contribution in [0.1, 0.15) is 5.56 Å². The third-order valence-corrected chi connectivity index (χ3v) is 5.65. The molecule has 1 aliphatic heterocycles. The molecule has 0 spiro atoms. The number of hydrogen-bond donors (Lipinski definition) is 0. The first-order valence-electron chi connectivity index (χ1n) is 8.41. The topological polar surface area (TPSA) is 58.6 Å². The van der Waals surface area contributed by atoms with Gasteiger partial charge < -0.3 is 14.5 Å². The van der Waals surface area contributed by atoms with Crippen molar-refractivity contribution in [3.63, 3.8) is 0 Å². The van der Waals surface area contributed by atoms with Crippen molar-refractivity contribution < 1.29 is 13.9 Å². The lowest BCUT2D eigenvalue weighted by Crippen LogP contribution is -2.49. The quantitative estimate of drug-likeness (QED) is 0.659. The summed E-state index contributed by atoms with van der Waals surface area (Å²) in [4.78, 5) is 25.7. The number of aromatic nitrogens is 2. The molecule has 1 saturated heterocycles. The van der Waals surface area contributed by atoms with Crippen LogP contribution in [-0.4, -0.2) is 47.1 Å². The van der Waals surface area contributed by atoms with Gasteiger partial charge in [-0.25, -0.2) is 19.2 Å². The maximum atomic E-state index is 13.8. The number of benzene rings is 1. The zero-order valence-electron chi connectivity index (χ0n) is 14.3. The molecule has 1 amide bonds. The van der Waals surface area contributed by atoms with Crippen molar-refractivity contribution in [1.29, 1.82) is 0 Å². The molecule has 1 aliphatic rings. The molecular weight excluding hydrogens is 391 g/mol. The van der Waals surface area contributed by atoms with E-state index in [-0.39, 0.29) is 17.2 Å². The Bertz CT molecular complexity index is 955. The zero-order valence-corrected chi connectivity index (χ0v) is 15.8. The van der Waals surface area contributed by atoms with Crippen LogP contribution in [-0.2, 0) is 11.3 Å². The van der Waals surface area contributed by atoms with Crippen LogP contribution in [0.2, 0.25) is 5.02 Å². The molecule has 0 bridgehead atoms. The summed E-state index contributed by atoms with van der Waals surface area (Å²) in [7, 11) is 0. The summed E-state index contributed by atoms with van der Waals surface area (Å²) in [5.74, 6) is 0.399. The third-order valence-electron chi connectivity index (χ3n) is 4.48. The summed E-state index contributed by atoms with van der Waals surface area (Å²) in [5.41, 5.74) is 0.187. The third kappa shape index (κ3) is 3.68. The van der Waals surface area contributed by atoms with Crippen molar-refractivity contribution in [3.8, 4) is 0 Å². The minimum absolute atomic E-state index is 0.187. The maximum absolute atomic E-state index is 13.8. The van der Waals surface area contributed by atoms with Crippen molar-refractivity contribution in [3.05, 3.63) is 52.4 Å². The Labute approximate surface area is 164 Å². The Kier molecular flexibility index (Phi) is 5.09. The van der Waals surface area contributed by atoms with Crippen molar-refractivity contribution in [1.82, 2.24) is 14.9 Å². The molecule has 3 aromatic rings. The highest BCUT2D eigenvalue weighted by Crippen LogP contribution is 2.27. The minimum atomic E-state index is -0.483. The second-order valence-electron chi connectivity index (χ2n) is 6.07. The van der Waals surface area contributed by atoms with Gasteiger partial charge in [-0.15, -0.1) is 11.3 Å². The average Bonchev–Trinajstić information content (AvgIpc) is 3.16. The summed E-state index contributed by atoms with van der Waals surface area (Å²) in [6.45, 7) is 2.08. The lowest BCUT2D eigenvalue weighted by atomic mass is 10.2. The molecule has 0 aliphatic carbocycles. The van der Waals surface area contributed by atoms with Gasteiger partial charge in [-0.05, 0) is 23.6 Å². The van der Waals surface area contributed by atoms with E-state index in [1.165, 1.54) is 12.1 Å². The fourth-order valence-electron chi connectivity index (χ4n) is 3.03. The van der Waals surface area contributed by atoms with Crippen LogP contribution in [0, 0.1) is 5.82 Å². The van der Waals surface area contributed by atoms with Crippen molar-refractivity contribution >= 4 is 45.1 Å². The first kappa shape index (κ1) is 17.9. The van der Waals surface area contributed by atoms with Gasteiger partial charge in [0.1, 0.15) is 29.4 Å². The number of halogens is 2. The molecule has 2 aromatic heterocycles. The molecule has 0 N–H and O–H groups in total. The molecule has 0 radical (unpaired) electrons. The summed E-state index contributed by atoms with van der Waals surface area (Å²) in [6, 6.07) is 6.38. The van der Waals surface area contributed by atoms with E-state index in [9.17, 15) is 9.18 Å².